The summed E-state index contributed by atoms with van der Waals surface area (Å²) in [6.07, 6.45) is 4.59. The number of hydrogen-bond acceptors (Lipinski definition) is 2. The molecule has 6 heteroatoms. The van der Waals surface area contributed by atoms with Gasteiger partial charge in [-0.2, -0.15) is 0 Å². The van der Waals surface area contributed by atoms with E-state index < -0.39 is 0 Å². The van der Waals surface area contributed by atoms with Crippen molar-refractivity contribution in [3.8, 4) is 0 Å². The number of aryl methyl sites for hydroxylation is 2. The third-order valence-electron chi connectivity index (χ3n) is 6.24. The van der Waals surface area contributed by atoms with E-state index in [2.05, 4.69) is 11.6 Å². The first kappa shape index (κ1) is 25.2. The van der Waals surface area contributed by atoms with E-state index in [1.807, 2.05) is 6.07 Å². The van der Waals surface area contributed by atoms with E-state index in [1.165, 1.54) is 30.3 Å². The summed E-state index contributed by atoms with van der Waals surface area (Å²) in [5, 5.41) is 0. The minimum Gasteiger partial charge on any atom is -0.351 e. The molecule has 0 unspecified atom stereocenters. The van der Waals surface area contributed by atoms with Crippen molar-refractivity contribution in [2.45, 2.75) is 25.7 Å². The highest BCUT2D eigenvalue weighted by atomic mass is 19.1. The maximum absolute atomic E-state index is 13.6. The SMILES string of the molecule is C=C(N=C(c1ccc(F)cc1)N(C)CC(=O)/C=C1\CCc2ccc(F)cc2CC1)c1ccc(F)cc1. The lowest BCUT2D eigenvalue weighted by atomic mass is 10.0. The van der Waals surface area contributed by atoms with Crippen molar-refractivity contribution in [2.75, 3.05) is 13.6 Å². The first-order valence-electron chi connectivity index (χ1n) is 11.8. The summed E-state index contributed by atoms with van der Waals surface area (Å²) >= 11 is 0. The molecule has 1 aliphatic carbocycles. The van der Waals surface area contributed by atoms with Crippen LogP contribution >= 0.6 is 0 Å². The molecule has 3 nitrogen and oxygen atoms in total. The standard InChI is InChI=1S/C30H27F3N2O/c1-20(22-7-12-26(31)13-8-22)34-30(24-10-14-27(32)15-11-24)35(2)19-29(36)17-21-3-5-23-9-16-28(33)18-25(23)6-4-21/h7-18H,1,3-6,19H2,2H3/b21-17+,34-30?. The Morgan fingerprint density at radius 1 is 0.833 bits per heavy atom. The van der Waals surface area contributed by atoms with Crippen molar-refractivity contribution in [3.63, 3.8) is 0 Å². The lowest BCUT2D eigenvalue weighted by Crippen LogP contribution is -2.32. The molecular formula is C30H27F3N2O. The lowest BCUT2D eigenvalue weighted by molar-refractivity contribution is -0.114. The molecule has 0 atom stereocenters. The monoisotopic (exact) mass is 488 g/mol. The highest BCUT2D eigenvalue weighted by Gasteiger charge is 2.16. The molecular weight excluding hydrogens is 461 g/mol. The van der Waals surface area contributed by atoms with Gasteiger partial charge in [-0.3, -0.25) is 4.79 Å². The van der Waals surface area contributed by atoms with Crippen LogP contribution in [0.3, 0.4) is 0 Å². The van der Waals surface area contributed by atoms with Crippen LogP contribution in [-0.4, -0.2) is 30.1 Å². The minimum absolute atomic E-state index is 0.0536. The van der Waals surface area contributed by atoms with Crippen molar-refractivity contribution in [1.29, 1.82) is 0 Å². The molecule has 3 aromatic carbocycles. The summed E-state index contributed by atoms with van der Waals surface area (Å²) in [6.45, 7) is 4.05. The molecule has 184 valence electrons. The Kier molecular flexibility index (Phi) is 7.84. The Hall–Kier alpha value is -3.93. The third-order valence-corrected chi connectivity index (χ3v) is 6.24. The second kappa shape index (κ2) is 11.2. The first-order chi connectivity index (χ1) is 17.3. The highest BCUT2D eigenvalue weighted by Crippen LogP contribution is 2.25. The number of amidine groups is 1. The van der Waals surface area contributed by atoms with Gasteiger partial charge in [0.1, 0.15) is 23.3 Å². The molecule has 0 spiro atoms. The van der Waals surface area contributed by atoms with E-state index in [0.29, 0.717) is 35.5 Å². The van der Waals surface area contributed by atoms with Crippen LogP contribution in [-0.2, 0) is 17.6 Å². The van der Waals surface area contributed by atoms with Crippen molar-refractivity contribution < 1.29 is 18.0 Å². The van der Waals surface area contributed by atoms with E-state index in [0.717, 1.165) is 29.5 Å². The van der Waals surface area contributed by atoms with Crippen LogP contribution in [0.5, 0.6) is 0 Å². The fourth-order valence-corrected chi connectivity index (χ4v) is 4.32. The molecule has 36 heavy (non-hydrogen) atoms. The number of aliphatic imine (C=N–C) groups is 1. The van der Waals surface area contributed by atoms with Gasteiger partial charge in [0.15, 0.2) is 5.78 Å². The number of likely N-dealkylation sites (N-methyl/N-ethyl adjacent to an activating group) is 1. The van der Waals surface area contributed by atoms with Crippen molar-refractivity contribution in [3.05, 3.63) is 125 Å². The zero-order valence-electron chi connectivity index (χ0n) is 20.1. The Labute approximate surface area is 209 Å². The number of nitrogens with zero attached hydrogens (tertiary/aromatic N) is 2. The summed E-state index contributed by atoms with van der Waals surface area (Å²) in [5.74, 6) is -0.634. The number of rotatable bonds is 6. The number of hydrogen-bond donors (Lipinski definition) is 0. The molecule has 1 aliphatic rings. The fourth-order valence-electron chi connectivity index (χ4n) is 4.32. The van der Waals surface area contributed by atoms with Gasteiger partial charge in [0.05, 0.1) is 12.2 Å². The number of benzene rings is 3. The number of halogens is 3. The van der Waals surface area contributed by atoms with Gasteiger partial charge < -0.3 is 4.90 Å². The topological polar surface area (TPSA) is 32.7 Å². The normalized spacial score (nSPS) is 14.8. The van der Waals surface area contributed by atoms with Crippen LogP contribution in [0.25, 0.3) is 5.70 Å². The molecule has 0 heterocycles. The van der Waals surface area contributed by atoms with Gasteiger partial charge in [-0.05, 0) is 109 Å². The third kappa shape index (κ3) is 6.39. The van der Waals surface area contributed by atoms with Gasteiger partial charge >= 0.3 is 0 Å². The van der Waals surface area contributed by atoms with E-state index >= 15 is 0 Å². The number of fused-ring (bicyclic) bond motifs is 1. The predicted molar refractivity (Wildman–Crippen MR) is 137 cm³/mol. The van der Waals surface area contributed by atoms with Gasteiger partial charge in [0.25, 0.3) is 0 Å². The highest BCUT2D eigenvalue weighted by molar-refractivity contribution is 6.04. The number of carbonyl (C=O) groups is 1. The summed E-state index contributed by atoms with van der Waals surface area (Å²) in [6, 6.07) is 16.5. The van der Waals surface area contributed by atoms with Gasteiger partial charge in [0.2, 0.25) is 0 Å². The molecule has 4 rings (SSSR count). The number of carbonyl (C=O) groups excluding carboxylic acids is 1. The molecule has 0 radical (unpaired) electrons. The largest absolute Gasteiger partial charge is 0.351 e. The number of ketones is 1. The van der Waals surface area contributed by atoms with E-state index in [9.17, 15) is 18.0 Å². The maximum atomic E-state index is 13.6. The molecule has 0 aliphatic heterocycles. The fraction of sp³-hybridized carbons (Fsp3) is 0.200. The minimum atomic E-state index is -0.381. The van der Waals surface area contributed by atoms with E-state index in [1.54, 1.807) is 48.4 Å². The van der Waals surface area contributed by atoms with Gasteiger partial charge in [0, 0.05) is 12.6 Å². The Bertz CT molecular complexity index is 1330. The first-order valence-corrected chi connectivity index (χ1v) is 11.8. The van der Waals surface area contributed by atoms with Gasteiger partial charge in [-0.1, -0.05) is 18.2 Å². The van der Waals surface area contributed by atoms with Crippen LogP contribution in [0.1, 0.15) is 35.1 Å². The summed E-state index contributed by atoms with van der Waals surface area (Å²) in [5.41, 5.74) is 4.78. The quantitative estimate of drug-likeness (QED) is 0.171. The smallest absolute Gasteiger partial charge is 0.174 e. The zero-order valence-corrected chi connectivity index (χ0v) is 20.1. The van der Waals surface area contributed by atoms with Crippen LogP contribution in [0.4, 0.5) is 13.2 Å². The molecule has 0 amide bonds. The zero-order chi connectivity index (χ0) is 25.7. The molecule has 0 saturated carbocycles. The van der Waals surface area contributed by atoms with Gasteiger partial charge in [-0.25, -0.2) is 18.2 Å². The molecule has 0 bridgehead atoms. The Balaban J connectivity index is 1.52. The second-order valence-corrected chi connectivity index (χ2v) is 8.93. The predicted octanol–water partition coefficient (Wildman–Crippen LogP) is 6.53. The second-order valence-electron chi connectivity index (χ2n) is 8.93. The van der Waals surface area contributed by atoms with Gasteiger partial charge in [-0.15, -0.1) is 0 Å². The van der Waals surface area contributed by atoms with Crippen LogP contribution in [0.15, 0.2) is 90.0 Å². The molecule has 0 N–H and O–H groups in total. The Morgan fingerprint density at radius 2 is 1.39 bits per heavy atom. The van der Waals surface area contributed by atoms with Crippen LogP contribution < -0.4 is 0 Å². The number of allylic oxidation sites excluding steroid dienone is 1. The average Bonchev–Trinajstić information content (AvgIpc) is 3.05. The van der Waals surface area contributed by atoms with E-state index in [4.69, 9.17) is 0 Å². The average molecular weight is 489 g/mol. The molecule has 3 aromatic rings. The van der Waals surface area contributed by atoms with Crippen molar-refractivity contribution in [2.24, 2.45) is 4.99 Å². The van der Waals surface area contributed by atoms with Crippen LogP contribution in [0, 0.1) is 17.5 Å². The molecule has 0 saturated heterocycles. The van der Waals surface area contributed by atoms with Crippen molar-refractivity contribution >= 4 is 17.3 Å². The lowest BCUT2D eigenvalue weighted by Gasteiger charge is -2.21. The summed E-state index contributed by atoms with van der Waals surface area (Å²) in [4.78, 5) is 19.3. The van der Waals surface area contributed by atoms with Crippen molar-refractivity contribution in [1.82, 2.24) is 4.90 Å². The van der Waals surface area contributed by atoms with Crippen LogP contribution in [0.2, 0.25) is 0 Å². The summed E-state index contributed by atoms with van der Waals surface area (Å²) < 4.78 is 40.5. The summed E-state index contributed by atoms with van der Waals surface area (Å²) in [7, 11) is 1.74. The molecule has 0 fully saturated rings. The van der Waals surface area contributed by atoms with E-state index in [-0.39, 0.29) is 29.8 Å². The Morgan fingerprint density at radius 3 is 2.03 bits per heavy atom. The molecule has 0 aromatic heterocycles. The maximum Gasteiger partial charge on any atom is 0.174 e.